The van der Waals surface area contributed by atoms with Crippen LogP contribution in [0.3, 0.4) is 0 Å². The molecule has 8 heteroatoms. The average Bonchev–Trinajstić information content (AvgIpc) is 2.95. The Morgan fingerprint density at radius 3 is 1.98 bits per heavy atom. The zero-order valence-corrected chi connectivity index (χ0v) is 23.1. The van der Waals surface area contributed by atoms with E-state index < -0.39 is 29.7 Å². The number of esters is 1. The molecule has 2 atom stereocenters. The van der Waals surface area contributed by atoms with Crippen LogP contribution in [0.25, 0.3) is 0 Å². The molecule has 0 amide bonds. The predicted octanol–water partition coefficient (Wildman–Crippen LogP) is 8.89. The van der Waals surface area contributed by atoms with Gasteiger partial charge >= 0.3 is 5.97 Å². The topological polar surface area (TPSA) is 41.6 Å². The Morgan fingerprint density at radius 1 is 0.850 bits per heavy atom. The van der Waals surface area contributed by atoms with Gasteiger partial charge in [-0.2, -0.15) is 0 Å². The summed E-state index contributed by atoms with van der Waals surface area (Å²) in [6.07, 6.45) is 0.200. The molecule has 1 aliphatic rings. The maximum atomic E-state index is 15.6. The number of hydrogen-bond acceptors (Lipinski definition) is 4. The number of carbonyl (C=O) groups is 1. The Balaban J connectivity index is 1.81. The van der Waals surface area contributed by atoms with Crippen molar-refractivity contribution < 1.29 is 18.3 Å². The summed E-state index contributed by atoms with van der Waals surface area (Å²) in [5.41, 5.74) is 2.67. The van der Waals surface area contributed by atoms with E-state index in [0.717, 1.165) is 0 Å². The fourth-order valence-electron chi connectivity index (χ4n) is 5.10. The minimum absolute atomic E-state index is 0.123. The van der Waals surface area contributed by atoms with Crippen LogP contribution in [0.5, 0.6) is 0 Å². The highest BCUT2D eigenvalue weighted by molar-refractivity contribution is 6.30. The summed E-state index contributed by atoms with van der Waals surface area (Å²) < 4.78 is 36.6. The summed E-state index contributed by atoms with van der Waals surface area (Å²) in [4.78, 5) is 15.6. The molecule has 40 heavy (non-hydrogen) atoms. The van der Waals surface area contributed by atoms with E-state index in [0.29, 0.717) is 32.7 Å². The van der Waals surface area contributed by atoms with Gasteiger partial charge in [0.15, 0.2) is 0 Å². The summed E-state index contributed by atoms with van der Waals surface area (Å²) in [6, 6.07) is 25.1. The first-order valence-corrected chi connectivity index (χ1v) is 13.6. The molecule has 0 radical (unpaired) electrons. The molecular formula is C32H26Cl2F2N2O2. The average molecular weight is 579 g/mol. The van der Waals surface area contributed by atoms with Crippen molar-refractivity contribution in [1.29, 1.82) is 0 Å². The number of hydrogen-bond donors (Lipinski definition) is 1. The molecule has 4 aromatic carbocycles. The van der Waals surface area contributed by atoms with Crippen molar-refractivity contribution in [2.75, 3.05) is 16.8 Å². The van der Waals surface area contributed by atoms with Gasteiger partial charge in [0.25, 0.3) is 0 Å². The van der Waals surface area contributed by atoms with Crippen LogP contribution in [0.2, 0.25) is 10.0 Å². The van der Waals surface area contributed by atoms with Crippen molar-refractivity contribution in [2.45, 2.75) is 25.4 Å². The molecule has 5 rings (SSSR count). The van der Waals surface area contributed by atoms with Gasteiger partial charge in [-0.05, 0) is 67.6 Å². The Bertz CT molecular complexity index is 1540. The maximum absolute atomic E-state index is 15.6. The van der Waals surface area contributed by atoms with Crippen molar-refractivity contribution in [3.8, 4) is 0 Å². The second-order valence-electron chi connectivity index (χ2n) is 9.29. The molecule has 204 valence electrons. The number of nitrogens with zero attached hydrogens (tertiary/aromatic N) is 1. The Labute approximate surface area is 241 Å². The van der Waals surface area contributed by atoms with Crippen molar-refractivity contribution in [3.05, 3.63) is 141 Å². The number of halogens is 4. The van der Waals surface area contributed by atoms with E-state index in [4.69, 9.17) is 27.9 Å². The third-order valence-electron chi connectivity index (χ3n) is 6.83. The van der Waals surface area contributed by atoms with Crippen LogP contribution in [-0.2, 0) is 9.53 Å². The molecule has 0 bridgehead atoms. The smallest absolute Gasteiger partial charge is 0.338 e. The lowest BCUT2D eigenvalue weighted by Crippen LogP contribution is -2.42. The van der Waals surface area contributed by atoms with Crippen LogP contribution >= 0.6 is 23.2 Å². The van der Waals surface area contributed by atoms with Crippen LogP contribution in [0.4, 0.5) is 20.2 Å². The van der Waals surface area contributed by atoms with Gasteiger partial charge in [0, 0.05) is 44.7 Å². The molecule has 2 unspecified atom stereocenters. The van der Waals surface area contributed by atoms with Gasteiger partial charge in [-0.25, -0.2) is 13.6 Å². The zero-order valence-electron chi connectivity index (χ0n) is 21.6. The number of nitrogens with one attached hydrogen (secondary N) is 1. The maximum Gasteiger partial charge on any atom is 0.338 e. The van der Waals surface area contributed by atoms with Gasteiger partial charge in [0.05, 0.1) is 24.3 Å². The van der Waals surface area contributed by atoms with Gasteiger partial charge < -0.3 is 15.0 Å². The molecule has 4 aromatic rings. The lowest BCUT2D eigenvalue weighted by Gasteiger charge is -2.46. The van der Waals surface area contributed by atoms with E-state index in [1.165, 1.54) is 12.1 Å². The molecule has 0 saturated carbocycles. The molecule has 1 N–H and O–H groups in total. The van der Waals surface area contributed by atoms with Gasteiger partial charge in [-0.1, -0.05) is 59.6 Å². The standard InChI is InChI=1S/C32H26Cl2F2N2O2/c1-2-40-32(39)30-28(37-22-15-11-20(33)12-16-22)19-29(24-7-3-5-9-26(24)35)38(23-17-13-21(34)14-18-23)31(30)25-8-4-6-10-27(25)36/h3-18,29,31,37H,2,19H2,1H3. The van der Waals surface area contributed by atoms with Gasteiger partial charge in [-0.15, -0.1) is 0 Å². The number of carbonyl (C=O) groups excluding carboxylic acids is 1. The van der Waals surface area contributed by atoms with Crippen molar-refractivity contribution in [3.63, 3.8) is 0 Å². The van der Waals surface area contributed by atoms with E-state index in [-0.39, 0.29) is 24.2 Å². The van der Waals surface area contributed by atoms with Gasteiger partial charge in [-0.3, -0.25) is 0 Å². The molecule has 0 saturated heterocycles. The molecule has 4 nitrogen and oxygen atoms in total. The first-order chi connectivity index (χ1) is 19.4. The first kappa shape index (κ1) is 27.7. The monoisotopic (exact) mass is 578 g/mol. The van der Waals surface area contributed by atoms with E-state index in [1.54, 1.807) is 91.9 Å². The lowest BCUT2D eigenvalue weighted by atomic mass is 9.83. The number of anilines is 2. The molecule has 0 aliphatic carbocycles. The van der Waals surface area contributed by atoms with Gasteiger partial charge in [0.2, 0.25) is 0 Å². The Morgan fingerprint density at radius 2 is 1.40 bits per heavy atom. The van der Waals surface area contributed by atoms with E-state index in [1.807, 2.05) is 4.90 Å². The minimum Gasteiger partial charge on any atom is -0.463 e. The van der Waals surface area contributed by atoms with E-state index >= 15 is 8.78 Å². The molecule has 1 aliphatic heterocycles. The molecule has 0 fully saturated rings. The summed E-state index contributed by atoms with van der Waals surface area (Å²) >= 11 is 12.3. The fraction of sp³-hybridized carbons (Fsp3) is 0.156. The van der Waals surface area contributed by atoms with Crippen molar-refractivity contribution in [1.82, 2.24) is 0 Å². The number of rotatable bonds is 7. The predicted molar refractivity (Wildman–Crippen MR) is 156 cm³/mol. The number of ether oxygens (including phenoxy) is 1. The van der Waals surface area contributed by atoms with Crippen LogP contribution in [0.15, 0.2) is 108 Å². The first-order valence-electron chi connectivity index (χ1n) is 12.8. The highest BCUT2D eigenvalue weighted by Crippen LogP contribution is 2.49. The second kappa shape index (κ2) is 12.1. The van der Waals surface area contributed by atoms with Gasteiger partial charge in [0.1, 0.15) is 11.6 Å². The molecule has 1 heterocycles. The Kier molecular flexibility index (Phi) is 8.38. The Hall–Kier alpha value is -3.87. The summed E-state index contributed by atoms with van der Waals surface area (Å²) in [5, 5.41) is 4.41. The van der Waals surface area contributed by atoms with E-state index in [2.05, 4.69) is 5.32 Å². The minimum atomic E-state index is -0.963. The highest BCUT2D eigenvalue weighted by atomic mass is 35.5. The van der Waals surface area contributed by atoms with Crippen molar-refractivity contribution >= 4 is 40.5 Å². The summed E-state index contributed by atoms with van der Waals surface area (Å²) in [6.45, 7) is 1.84. The van der Waals surface area contributed by atoms with E-state index in [9.17, 15) is 4.79 Å². The lowest BCUT2D eigenvalue weighted by molar-refractivity contribution is -0.139. The second-order valence-corrected chi connectivity index (χ2v) is 10.2. The SMILES string of the molecule is CCOC(=O)C1=C(Nc2ccc(Cl)cc2)CC(c2ccccc2F)N(c2ccc(Cl)cc2)C1c1ccccc1F. The molecular weight excluding hydrogens is 553 g/mol. The summed E-state index contributed by atoms with van der Waals surface area (Å²) in [7, 11) is 0. The quantitative estimate of drug-likeness (QED) is 0.222. The zero-order chi connectivity index (χ0) is 28.2. The van der Waals surface area contributed by atoms with Crippen LogP contribution in [0, 0.1) is 11.6 Å². The highest BCUT2D eigenvalue weighted by Gasteiger charge is 2.43. The third kappa shape index (κ3) is 5.69. The third-order valence-corrected chi connectivity index (χ3v) is 7.34. The van der Waals surface area contributed by atoms with Crippen LogP contribution < -0.4 is 10.2 Å². The van der Waals surface area contributed by atoms with Crippen molar-refractivity contribution in [2.24, 2.45) is 0 Å². The molecule has 0 aromatic heterocycles. The normalized spacial score (nSPS) is 17.1. The fourth-order valence-corrected chi connectivity index (χ4v) is 5.36. The largest absolute Gasteiger partial charge is 0.463 e. The number of benzene rings is 4. The van der Waals surface area contributed by atoms with Crippen LogP contribution in [-0.4, -0.2) is 12.6 Å². The summed E-state index contributed by atoms with van der Waals surface area (Å²) in [5.74, 6) is -1.52. The molecule has 0 spiro atoms. The van der Waals surface area contributed by atoms with Crippen LogP contribution in [0.1, 0.15) is 36.6 Å².